The van der Waals surface area contributed by atoms with Gasteiger partial charge in [-0.25, -0.2) is 0 Å². The molecule has 0 N–H and O–H groups in total. The van der Waals surface area contributed by atoms with E-state index in [1.807, 2.05) is 0 Å². The van der Waals surface area contributed by atoms with Gasteiger partial charge in [-0.15, -0.1) is 11.8 Å². The fourth-order valence-corrected chi connectivity index (χ4v) is 2.04. The predicted molar refractivity (Wildman–Crippen MR) is 42.1 cm³/mol. The first-order chi connectivity index (χ1) is 4.89. The quantitative estimate of drug-likeness (QED) is 0.445. The third kappa shape index (κ3) is 0.944. The van der Waals surface area contributed by atoms with Crippen LogP contribution in [0.2, 0.25) is 0 Å². The average molecular weight is 133 g/mol. The number of rotatable bonds is 0. The van der Waals surface area contributed by atoms with Crippen molar-refractivity contribution < 1.29 is 0 Å². The normalized spacial score (nSPS) is 43.9. The Labute approximate surface area is 63.0 Å². The van der Waals surface area contributed by atoms with E-state index < -0.39 is 0 Å². The van der Waals surface area contributed by atoms with E-state index in [1.165, 1.54) is 12.8 Å². The Morgan fingerprint density at radius 2 is 1.50 bits per heavy atom. The summed E-state index contributed by atoms with van der Waals surface area (Å²) in [5.41, 5.74) is 0. The van der Waals surface area contributed by atoms with Crippen LogP contribution < -0.4 is 0 Å². The van der Waals surface area contributed by atoms with Gasteiger partial charge in [-0.3, -0.25) is 0 Å². The topological polar surface area (TPSA) is 0 Å². The Morgan fingerprint density at radius 3 is 2.00 bits per heavy atom. The van der Waals surface area contributed by atoms with Crippen molar-refractivity contribution in [3.63, 3.8) is 0 Å². The van der Waals surface area contributed by atoms with Gasteiger partial charge in [-0.05, 0) is 37.5 Å². The molecule has 53 valence electrons. The zero-order valence-electron chi connectivity index (χ0n) is 6.27. The molecule has 0 heteroatoms. The highest BCUT2D eigenvalue weighted by Gasteiger charge is 2.44. The molecule has 1 fully saturated rings. The Balaban J connectivity index is 1.97. The predicted octanol–water partition coefficient (Wildman–Crippen LogP) is 2.26. The van der Waals surface area contributed by atoms with E-state index in [2.05, 4.69) is 18.8 Å². The number of fused-ring (bicyclic) bond motifs is 1. The molecule has 3 atom stereocenters. The summed E-state index contributed by atoms with van der Waals surface area (Å²) in [6, 6.07) is 0. The van der Waals surface area contributed by atoms with Crippen LogP contribution in [-0.2, 0) is 0 Å². The third-order valence-electron chi connectivity index (χ3n) is 2.84. The lowest BCUT2D eigenvalue weighted by atomic mass is 10.1. The van der Waals surface area contributed by atoms with Crippen molar-refractivity contribution in [1.29, 1.82) is 0 Å². The number of hydrogen-bond acceptors (Lipinski definition) is 0. The van der Waals surface area contributed by atoms with E-state index >= 15 is 0 Å². The van der Waals surface area contributed by atoms with Crippen LogP contribution in [-0.4, -0.2) is 0 Å². The van der Waals surface area contributed by atoms with Gasteiger partial charge in [0, 0.05) is 12.8 Å². The van der Waals surface area contributed by atoms with Crippen LogP contribution in [0, 0.1) is 36.5 Å². The molecule has 0 aromatic carbocycles. The summed E-state index contributed by atoms with van der Waals surface area (Å²) in [5.74, 6) is 9.02. The molecule has 2 aliphatic carbocycles. The standard InChI is InChI=1S/C10H13/c1-8-9-6-4-2-3-5-7-10(8)9/h8-10H,1,4-7H2/t8-,9-,10+. The zero-order chi connectivity index (χ0) is 6.97. The molecule has 0 heterocycles. The largest absolute Gasteiger partial charge is 0.103 e. The molecule has 0 unspecified atom stereocenters. The van der Waals surface area contributed by atoms with Crippen molar-refractivity contribution in [3.05, 3.63) is 6.92 Å². The van der Waals surface area contributed by atoms with E-state index in [-0.39, 0.29) is 0 Å². The smallest absolute Gasteiger partial charge is 0.00915 e. The van der Waals surface area contributed by atoms with Crippen molar-refractivity contribution in [2.75, 3.05) is 0 Å². The second-order valence-electron chi connectivity index (χ2n) is 3.42. The van der Waals surface area contributed by atoms with E-state index in [4.69, 9.17) is 0 Å². The highest BCUT2D eigenvalue weighted by molar-refractivity contribution is 5.08. The Kier molecular flexibility index (Phi) is 1.45. The molecule has 2 rings (SSSR count). The lowest BCUT2D eigenvalue weighted by Crippen LogP contribution is -1.85. The van der Waals surface area contributed by atoms with Crippen molar-refractivity contribution in [2.45, 2.75) is 25.7 Å². The summed E-state index contributed by atoms with van der Waals surface area (Å²) in [7, 11) is 0. The van der Waals surface area contributed by atoms with Gasteiger partial charge in [0.2, 0.25) is 0 Å². The molecule has 0 saturated heterocycles. The van der Waals surface area contributed by atoms with Crippen LogP contribution in [0.25, 0.3) is 0 Å². The van der Waals surface area contributed by atoms with Crippen LogP contribution in [0.4, 0.5) is 0 Å². The van der Waals surface area contributed by atoms with Crippen molar-refractivity contribution in [1.82, 2.24) is 0 Å². The monoisotopic (exact) mass is 133 g/mol. The summed E-state index contributed by atoms with van der Waals surface area (Å²) in [4.78, 5) is 0. The van der Waals surface area contributed by atoms with Crippen LogP contribution in [0.5, 0.6) is 0 Å². The summed E-state index contributed by atoms with van der Waals surface area (Å²) in [6.07, 6.45) is 4.86. The van der Waals surface area contributed by atoms with Crippen LogP contribution >= 0.6 is 0 Å². The molecule has 2 aliphatic rings. The molecule has 10 heavy (non-hydrogen) atoms. The molecule has 0 aromatic rings. The van der Waals surface area contributed by atoms with Gasteiger partial charge in [-0.2, -0.15) is 0 Å². The summed E-state index contributed by atoms with van der Waals surface area (Å²) >= 11 is 0. The molecular formula is C10H13. The van der Waals surface area contributed by atoms with E-state index in [0.29, 0.717) is 0 Å². The van der Waals surface area contributed by atoms with Gasteiger partial charge >= 0.3 is 0 Å². The van der Waals surface area contributed by atoms with Gasteiger partial charge in [0.25, 0.3) is 0 Å². The second-order valence-corrected chi connectivity index (χ2v) is 3.42. The lowest BCUT2D eigenvalue weighted by molar-refractivity contribution is 0.618. The minimum absolute atomic E-state index is 0.765. The molecule has 1 radical (unpaired) electrons. The molecule has 0 nitrogen and oxygen atoms in total. The van der Waals surface area contributed by atoms with Crippen molar-refractivity contribution >= 4 is 0 Å². The number of hydrogen-bond donors (Lipinski definition) is 0. The summed E-state index contributed by atoms with van der Waals surface area (Å²) in [5, 5.41) is 0. The maximum Gasteiger partial charge on any atom is 0.00915 e. The first-order valence-electron chi connectivity index (χ1n) is 4.18. The fourth-order valence-electron chi connectivity index (χ4n) is 2.04. The Hall–Kier alpha value is -0.440. The first kappa shape index (κ1) is 6.28. The molecule has 1 saturated carbocycles. The van der Waals surface area contributed by atoms with Gasteiger partial charge in [0.15, 0.2) is 0 Å². The Bertz CT molecular complexity index is 164. The van der Waals surface area contributed by atoms with E-state index in [1.54, 1.807) is 0 Å². The molecule has 0 bridgehead atoms. The first-order valence-corrected chi connectivity index (χ1v) is 4.18. The van der Waals surface area contributed by atoms with Crippen LogP contribution in [0.15, 0.2) is 0 Å². The van der Waals surface area contributed by atoms with Gasteiger partial charge in [-0.1, -0.05) is 0 Å². The maximum atomic E-state index is 4.12. The minimum Gasteiger partial charge on any atom is -0.103 e. The second kappa shape index (κ2) is 2.31. The average Bonchev–Trinajstić information content (AvgIpc) is 2.39. The zero-order valence-corrected chi connectivity index (χ0v) is 6.27. The van der Waals surface area contributed by atoms with Crippen LogP contribution in [0.3, 0.4) is 0 Å². The molecule has 0 aliphatic heterocycles. The maximum absolute atomic E-state index is 4.12. The highest BCUT2D eigenvalue weighted by Crippen LogP contribution is 2.51. The van der Waals surface area contributed by atoms with Crippen molar-refractivity contribution in [3.8, 4) is 11.8 Å². The molecule has 0 aromatic heterocycles. The SMILES string of the molecule is [CH2][C@@H]1[C@H]2CCC#CCC[C@@H]12. The minimum atomic E-state index is 0.765. The van der Waals surface area contributed by atoms with E-state index in [0.717, 1.165) is 30.6 Å². The fraction of sp³-hybridized carbons (Fsp3) is 0.700. The van der Waals surface area contributed by atoms with Gasteiger partial charge in [0.05, 0.1) is 0 Å². The molecular weight excluding hydrogens is 120 g/mol. The lowest BCUT2D eigenvalue weighted by Gasteiger charge is -1.96. The summed E-state index contributed by atoms with van der Waals surface area (Å²) in [6.45, 7) is 4.12. The van der Waals surface area contributed by atoms with Gasteiger partial charge in [0.1, 0.15) is 0 Å². The third-order valence-corrected chi connectivity index (χ3v) is 2.84. The molecule has 0 spiro atoms. The van der Waals surface area contributed by atoms with Crippen molar-refractivity contribution in [2.24, 2.45) is 17.8 Å². The summed E-state index contributed by atoms with van der Waals surface area (Å²) < 4.78 is 0. The van der Waals surface area contributed by atoms with Gasteiger partial charge < -0.3 is 0 Å². The van der Waals surface area contributed by atoms with Crippen LogP contribution in [0.1, 0.15) is 25.7 Å². The molecule has 0 amide bonds. The highest BCUT2D eigenvalue weighted by atomic mass is 14.5. The Morgan fingerprint density at radius 1 is 1.00 bits per heavy atom. The van der Waals surface area contributed by atoms with E-state index in [9.17, 15) is 0 Å².